The van der Waals surface area contributed by atoms with E-state index in [-0.39, 0.29) is 11.9 Å². The van der Waals surface area contributed by atoms with Gasteiger partial charge in [0.15, 0.2) is 0 Å². The fourth-order valence-electron chi connectivity index (χ4n) is 2.74. The monoisotopic (exact) mass is 240 g/mol. The molecule has 1 amide bonds. The van der Waals surface area contributed by atoms with Crippen LogP contribution in [0.25, 0.3) is 0 Å². The Morgan fingerprint density at radius 1 is 1.35 bits per heavy atom. The molecule has 2 aliphatic rings. The molecule has 0 spiro atoms. The first kappa shape index (κ1) is 12.8. The summed E-state index contributed by atoms with van der Waals surface area (Å²) in [6, 6.07) is 0.793. The predicted octanol–water partition coefficient (Wildman–Crippen LogP) is 1.06. The molecule has 4 heteroatoms. The topological polar surface area (TPSA) is 50.4 Å². The molecule has 2 fully saturated rings. The summed E-state index contributed by atoms with van der Waals surface area (Å²) in [4.78, 5) is 11.8. The van der Waals surface area contributed by atoms with Gasteiger partial charge in [0.1, 0.15) is 0 Å². The summed E-state index contributed by atoms with van der Waals surface area (Å²) in [7, 11) is 0. The smallest absolute Gasteiger partial charge is 0.234 e. The average molecular weight is 240 g/mol. The van der Waals surface area contributed by atoms with Gasteiger partial charge < -0.3 is 15.4 Å². The highest BCUT2D eigenvalue weighted by Crippen LogP contribution is 2.17. The highest BCUT2D eigenvalue weighted by molar-refractivity contribution is 5.78. The summed E-state index contributed by atoms with van der Waals surface area (Å²) in [5, 5.41) is 6.40. The van der Waals surface area contributed by atoms with Crippen LogP contribution in [0.5, 0.6) is 0 Å². The molecule has 0 bridgehead atoms. The highest BCUT2D eigenvalue weighted by Gasteiger charge is 2.23. The number of amides is 1. The zero-order valence-corrected chi connectivity index (χ0v) is 10.7. The Kier molecular flexibility index (Phi) is 4.80. The molecular weight excluding hydrogens is 216 g/mol. The van der Waals surface area contributed by atoms with Crippen molar-refractivity contribution >= 4 is 5.91 Å². The Morgan fingerprint density at radius 2 is 2.12 bits per heavy atom. The summed E-state index contributed by atoms with van der Waals surface area (Å²) >= 11 is 0. The van der Waals surface area contributed by atoms with E-state index >= 15 is 0 Å². The van der Waals surface area contributed by atoms with Gasteiger partial charge in [-0.3, -0.25) is 4.79 Å². The lowest BCUT2D eigenvalue weighted by molar-refractivity contribution is -0.121. The predicted molar refractivity (Wildman–Crippen MR) is 66.8 cm³/mol. The lowest BCUT2D eigenvalue weighted by atomic mass is 10.0. The zero-order chi connectivity index (χ0) is 12.1. The fraction of sp³-hybridized carbons (Fsp3) is 0.923. The standard InChI is InChI=1S/C13H24N2O2/c1-10(11-6-7-17-9-11)15-13(16)8-14-12-4-2-3-5-12/h10-12,14H,2-9H2,1H3,(H,15,16). The third-order valence-corrected chi connectivity index (χ3v) is 3.97. The van der Waals surface area contributed by atoms with Crippen LogP contribution in [0.1, 0.15) is 39.0 Å². The molecule has 2 rings (SSSR count). The molecule has 1 saturated carbocycles. The van der Waals surface area contributed by atoms with Gasteiger partial charge in [0.25, 0.3) is 0 Å². The van der Waals surface area contributed by atoms with Crippen molar-refractivity contribution in [2.75, 3.05) is 19.8 Å². The van der Waals surface area contributed by atoms with Crippen molar-refractivity contribution in [1.29, 1.82) is 0 Å². The van der Waals surface area contributed by atoms with E-state index in [0.717, 1.165) is 19.6 Å². The minimum atomic E-state index is 0.122. The number of carbonyl (C=O) groups excluding carboxylic acids is 1. The van der Waals surface area contributed by atoms with Crippen molar-refractivity contribution in [1.82, 2.24) is 10.6 Å². The molecular formula is C13H24N2O2. The van der Waals surface area contributed by atoms with Gasteiger partial charge in [-0.05, 0) is 26.2 Å². The molecule has 98 valence electrons. The van der Waals surface area contributed by atoms with E-state index in [2.05, 4.69) is 17.6 Å². The van der Waals surface area contributed by atoms with Crippen LogP contribution in [0.3, 0.4) is 0 Å². The Labute approximate surface area is 103 Å². The number of hydrogen-bond donors (Lipinski definition) is 2. The van der Waals surface area contributed by atoms with Crippen LogP contribution < -0.4 is 10.6 Å². The van der Waals surface area contributed by atoms with E-state index in [0.29, 0.717) is 18.5 Å². The van der Waals surface area contributed by atoms with Crippen molar-refractivity contribution in [3.8, 4) is 0 Å². The molecule has 0 aromatic rings. The molecule has 17 heavy (non-hydrogen) atoms. The second-order valence-electron chi connectivity index (χ2n) is 5.34. The maximum Gasteiger partial charge on any atom is 0.234 e. The van der Waals surface area contributed by atoms with Crippen LogP contribution in [0.2, 0.25) is 0 Å². The van der Waals surface area contributed by atoms with E-state index in [1.807, 2.05) is 0 Å². The molecule has 0 aromatic heterocycles. The maximum absolute atomic E-state index is 11.8. The number of rotatable bonds is 5. The third kappa shape index (κ3) is 3.96. The van der Waals surface area contributed by atoms with Gasteiger partial charge in [0.05, 0.1) is 13.2 Å². The van der Waals surface area contributed by atoms with Crippen LogP contribution >= 0.6 is 0 Å². The Balaban J connectivity index is 1.62. The maximum atomic E-state index is 11.8. The van der Waals surface area contributed by atoms with Crippen LogP contribution in [0.4, 0.5) is 0 Å². The first-order chi connectivity index (χ1) is 8.25. The van der Waals surface area contributed by atoms with E-state index in [1.54, 1.807) is 0 Å². The van der Waals surface area contributed by atoms with E-state index in [4.69, 9.17) is 4.74 Å². The summed E-state index contributed by atoms with van der Waals surface area (Å²) in [6.07, 6.45) is 6.11. The lowest BCUT2D eigenvalue weighted by Gasteiger charge is -2.20. The number of nitrogens with one attached hydrogen (secondary N) is 2. The van der Waals surface area contributed by atoms with Crippen molar-refractivity contribution in [2.24, 2.45) is 5.92 Å². The van der Waals surface area contributed by atoms with Gasteiger partial charge >= 0.3 is 0 Å². The Hall–Kier alpha value is -0.610. The summed E-state index contributed by atoms with van der Waals surface area (Å²) in [6.45, 7) is 4.16. The van der Waals surface area contributed by atoms with Gasteiger partial charge in [0.2, 0.25) is 5.91 Å². The Bertz CT molecular complexity index is 246. The molecule has 2 unspecified atom stereocenters. The molecule has 1 aliphatic heterocycles. The van der Waals surface area contributed by atoms with Gasteiger partial charge in [0, 0.05) is 24.6 Å². The first-order valence-electron chi connectivity index (χ1n) is 6.86. The minimum Gasteiger partial charge on any atom is -0.381 e. The molecule has 2 atom stereocenters. The molecule has 2 N–H and O–H groups in total. The van der Waals surface area contributed by atoms with Crippen LogP contribution in [0.15, 0.2) is 0 Å². The molecule has 1 aliphatic carbocycles. The summed E-state index contributed by atoms with van der Waals surface area (Å²) < 4.78 is 5.33. The third-order valence-electron chi connectivity index (χ3n) is 3.97. The van der Waals surface area contributed by atoms with Crippen molar-refractivity contribution in [3.05, 3.63) is 0 Å². The summed E-state index contributed by atoms with van der Waals surface area (Å²) in [5.74, 6) is 0.613. The zero-order valence-electron chi connectivity index (χ0n) is 10.7. The highest BCUT2D eigenvalue weighted by atomic mass is 16.5. The van der Waals surface area contributed by atoms with Gasteiger partial charge in [-0.15, -0.1) is 0 Å². The minimum absolute atomic E-state index is 0.122. The van der Waals surface area contributed by atoms with Crippen molar-refractivity contribution in [3.63, 3.8) is 0 Å². The molecule has 0 radical (unpaired) electrons. The van der Waals surface area contributed by atoms with Crippen LogP contribution in [-0.2, 0) is 9.53 Å². The SMILES string of the molecule is CC(NC(=O)CNC1CCCC1)C1CCOC1. The fourth-order valence-corrected chi connectivity index (χ4v) is 2.74. The van der Waals surface area contributed by atoms with E-state index < -0.39 is 0 Å². The largest absolute Gasteiger partial charge is 0.381 e. The van der Waals surface area contributed by atoms with Gasteiger partial charge in [-0.25, -0.2) is 0 Å². The lowest BCUT2D eigenvalue weighted by Crippen LogP contribution is -2.44. The molecule has 4 nitrogen and oxygen atoms in total. The average Bonchev–Trinajstić information content (AvgIpc) is 2.99. The van der Waals surface area contributed by atoms with Gasteiger partial charge in [-0.1, -0.05) is 12.8 Å². The quantitative estimate of drug-likeness (QED) is 0.755. The number of hydrogen-bond acceptors (Lipinski definition) is 3. The Morgan fingerprint density at radius 3 is 2.76 bits per heavy atom. The second kappa shape index (κ2) is 6.36. The van der Waals surface area contributed by atoms with Crippen LogP contribution in [-0.4, -0.2) is 37.7 Å². The molecule has 1 saturated heterocycles. The number of carbonyl (C=O) groups is 1. The van der Waals surface area contributed by atoms with E-state index in [9.17, 15) is 4.79 Å². The van der Waals surface area contributed by atoms with Crippen molar-refractivity contribution < 1.29 is 9.53 Å². The first-order valence-corrected chi connectivity index (χ1v) is 6.86. The van der Waals surface area contributed by atoms with Crippen LogP contribution in [0, 0.1) is 5.92 Å². The van der Waals surface area contributed by atoms with Gasteiger partial charge in [-0.2, -0.15) is 0 Å². The second-order valence-corrected chi connectivity index (χ2v) is 5.34. The number of ether oxygens (including phenoxy) is 1. The summed E-state index contributed by atoms with van der Waals surface area (Å²) in [5.41, 5.74) is 0. The van der Waals surface area contributed by atoms with Crippen molar-refractivity contribution in [2.45, 2.75) is 51.1 Å². The molecule has 1 heterocycles. The normalized spacial score (nSPS) is 27.2. The molecule has 0 aromatic carbocycles. The van der Waals surface area contributed by atoms with E-state index in [1.165, 1.54) is 25.7 Å².